The number of hydrogen-bond donors (Lipinski definition) is 1. The minimum Gasteiger partial charge on any atom is -0.508 e. The summed E-state index contributed by atoms with van der Waals surface area (Å²) in [4.78, 5) is 0. The summed E-state index contributed by atoms with van der Waals surface area (Å²) >= 11 is 0. The third kappa shape index (κ3) is 4.33. The molecule has 1 nitrogen and oxygen atoms in total. The van der Waals surface area contributed by atoms with Gasteiger partial charge in [-0.05, 0) is 94.6 Å². The quantitative estimate of drug-likeness (QED) is 0.409. The lowest BCUT2D eigenvalue weighted by Crippen LogP contribution is -2.40. The summed E-state index contributed by atoms with van der Waals surface area (Å²) < 4.78 is 0. The third-order valence-electron chi connectivity index (χ3n) is 8.33. The van der Waals surface area contributed by atoms with Crippen LogP contribution in [0.5, 0.6) is 5.75 Å². The van der Waals surface area contributed by atoms with Crippen molar-refractivity contribution in [2.24, 2.45) is 5.92 Å². The van der Waals surface area contributed by atoms with Gasteiger partial charge in [-0.1, -0.05) is 37.5 Å². The standard InChI is InChI=1S/C25H38BOP/c26-28(22-13-3-1-4-14-22,23-15-5-2-6-16-23)25-18-10-8-12-21(25)19-20-11-7-9-17-24(20)27/h7,9,11,17,21-23,25H,1-6,8,10,12-16,18-19H2/q-1/p+1. The monoisotopic (exact) mass is 397 g/mol. The fourth-order valence-electron chi connectivity index (χ4n) is 6.88. The molecule has 0 bridgehead atoms. The predicted octanol–water partition coefficient (Wildman–Crippen LogP) is 7.26. The molecule has 0 spiro atoms. The first-order valence-corrected chi connectivity index (χ1v) is 14.2. The van der Waals surface area contributed by atoms with Gasteiger partial charge in [0.25, 0.3) is 0 Å². The Bertz CT molecular complexity index is 603. The van der Waals surface area contributed by atoms with E-state index in [4.69, 9.17) is 7.57 Å². The Balaban J connectivity index is 1.62. The van der Waals surface area contributed by atoms with Gasteiger partial charge in [-0.25, -0.2) is 7.14 Å². The highest BCUT2D eigenvalue weighted by Gasteiger charge is 2.47. The van der Waals surface area contributed by atoms with E-state index in [9.17, 15) is 5.11 Å². The van der Waals surface area contributed by atoms with Gasteiger partial charge in [0.05, 0.1) is 0 Å². The van der Waals surface area contributed by atoms with Gasteiger partial charge < -0.3 is 12.7 Å². The fourth-order valence-corrected chi connectivity index (χ4v) is 12.7. The zero-order valence-corrected chi connectivity index (χ0v) is 18.6. The number of hydrogen-bond acceptors (Lipinski definition) is 1. The molecule has 153 valence electrons. The Kier molecular flexibility index (Phi) is 7.09. The number of rotatable bonds is 5. The highest BCUT2D eigenvalue weighted by atomic mass is 31.2. The van der Waals surface area contributed by atoms with Crippen LogP contribution in [0.4, 0.5) is 0 Å². The molecule has 3 heteroatoms. The second kappa shape index (κ2) is 9.55. The molecule has 4 rings (SSSR count). The van der Waals surface area contributed by atoms with Crippen LogP contribution in [-0.4, -0.2) is 29.6 Å². The average molecular weight is 397 g/mol. The fraction of sp³-hybridized carbons (Fsp3) is 0.760. The van der Waals surface area contributed by atoms with Crippen molar-refractivity contribution >= 4 is 14.7 Å². The minimum absolute atomic E-state index is 0.489. The Morgan fingerprint density at radius 3 is 1.89 bits per heavy atom. The number of para-hydroxylation sites is 1. The third-order valence-corrected chi connectivity index (χ3v) is 13.7. The molecule has 2 unspecified atom stereocenters. The molecule has 1 aromatic rings. The number of phenolic OH excluding ortho intramolecular Hbond substituents is 1. The number of benzene rings is 1. The lowest BCUT2D eigenvalue weighted by Gasteiger charge is -2.59. The SMILES string of the molecule is [B-][P+](C1CCCCC1)(C1CCCCC1)C1CCCCC1Cc1ccccc1O. The molecule has 3 aliphatic carbocycles. The van der Waals surface area contributed by atoms with E-state index in [0.29, 0.717) is 11.7 Å². The van der Waals surface area contributed by atoms with Gasteiger partial charge in [-0.3, -0.25) is 0 Å². The number of aromatic hydroxyl groups is 1. The van der Waals surface area contributed by atoms with Crippen molar-refractivity contribution in [1.82, 2.24) is 0 Å². The summed E-state index contributed by atoms with van der Waals surface area (Å²) in [5.74, 6) is 1.17. The Labute approximate surface area is 174 Å². The topological polar surface area (TPSA) is 20.2 Å². The second-order valence-electron chi connectivity index (χ2n) is 9.92. The Hall–Kier alpha value is -0.485. The minimum atomic E-state index is -1.49. The number of phenols is 1. The van der Waals surface area contributed by atoms with Gasteiger partial charge in [-0.2, -0.15) is 0 Å². The van der Waals surface area contributed by atoms with Crippen molar-refractivity contribution in [3.8, 4) is 5.75 Å². The molecule has 0 aromatic heterocycles. The van der Waals surface area contributed by atoms with Crippen LogP contribution in [0.25, 0.3) is 0 Å². The highest BCUT2D eigenvalue weighted by Crippen LogP contribution is 2.75. The normalized spacial score (nSPS) is 28.3. The maximum Gasteiger partial charge on any atom is 0.118 e. The van der Waals surface area contributed by atoms with Crippen LogP contribution in [-0.2, 0) is 6.42 Å². The van der Waals surface area contributed by atoms with Gasteiger partial charge in [0, 0.05) is 17.0 Å². The molecule has 0 heterocycles. The summed E-state index contributed by atoms with van der Waals surface area (Å²) in [5.41, 5.74) is 3.56. The maximum atomic E-state index is 10.4. The van der Waals surface area contributed by atoms with Gasteiger partial charge in [0.1, 0.15) is 5.75 Å². The zero-order chi connectivity index (χ0) is 19.4. The van der Waals surface area contributed by atoms with Crippen molar-refractivity contribution in [3.05, 3.63) is 29.8 Å². The first-order valence-electron chi connectivity index (χ1n) is 12.1. The molecule has 3 aliphatic rings. The Morgan fingerprint density at radius 1 is 0.750 bits per heavy atom. The van der Waals surface area contributed by atoms with Crippen LogP contribution < -0.4 is 0 Å². The van der Waals surface area contributed by atoms with Crippen LogP contribution in [0.15, 0.2) is 24.3 Å². The van der Waals surface area contributed by atoms with Crippen LogP contribution >= 0.6 is 7.14 Å². The van der Waals surface area contributed by atoms with Gasteiger partial charge >= 0.3 is 0 Å². The van der Waals surface area contributed by atoms with E-state index in [-0.39, 0.29) is 0 Å². The maximum absolute atomic E-state index is 10.4. The summed E-state index contributed by atoms with van der Waals surface area (Å²) in [6, 6.07) is 8.03. The van der Waals surface area contributed by atoms with Crippen molar-refractivity contribution in [3.63, 3.8) is 0 Å². The summed E-state index contributed by atoms with van der Waals surface area (Å²) in [5, 5.41) is 10.4. The van der Waals surface area contributed by atoms with E-state index >= 15 is 0 Å². The second-order valence-corrected chi connectivity index (χ2v) is 13.8. The molecular formula is C25H39BOP. The zero-order valence-electron chi connectivity index (χ0n) is 17.7. The summed E-state index contributed by atoms with van der Waals surface area (Å²) in [7, 11) is 6.27. The first kappa shape index (κ1) is 20.8. The van der Waals surface area contributed by atoms with Crippen LogP contribution in [0.1, 0.15) is 95.5 Å². The van der Waals surface area contributed by atoms with Gasteiger partial charge in [0.2, 0.25) is 0 Å². The summed E-state index contributed by atoms with van der Waals surface area (Å²) in [6.07, 6.45) is 20.5. The molecule has 3 fully saturated rings. The first-order chi connectivity index (χ1) is 13.7. The molecule has 0 amide bonds. The molecule has 0 aliphatic heterocycles. The predicted molar refractivity (Wildman–Crippen MR) is 124 cm³/mol. The van der Waals surface area contributed by atoms with Crippen molar-refractivity contribution in [2.45, 2.75) is 113 Å². The molecule has 2 atom stereocenters. The molecule has 28 heavy (non-hydrogen) atoms. The Morgan fingerprint density at radius 2 is 1.29 bits per heavy atom. The van der Waals surface area contributed by atoms with Crippen molar-refractivity contribution in [2.75, 3.05) is 0 Å². The smallest absolute Gasteiger partial charge is 0.118 e. The van der Waals surface area contributed by atoms with E-state index in [1.54, 1.807) is 0 Å². The van der Waals surface area contributed by atoms with E-state index < -0.39 is 7.14 Å². The molecule has 3 radical (unpaired) electrons. The van der Waals surface area contributed by atoms with Gasteiger partial charge in [-0.15, -0.1) is 0 Å². The molecular weight excluding hydrogens is 358 g/mol. The lowest BCUT2D eigenvalue weighted by molar-refractivity contribution is 0.349. The van der Waals surface area contributed by atoms with E-state index in [1.165, 1.54) is 89.9 Å². The van der Waals surface area contributed by atoms with Crippen LogP contribution in [0.2, 0.25) is 0 Å². The van der Waals surface area contributed by atoms with Crippen LogP contribution in [0.3, 0.4) is 0 Å². The molecule has 1 aromatic carbocycles. The van der Waals surface area contributed by atoms with E-state index in [1.807, 2.05) is 12.1 Å². The highest BCUT2D eigenvalue weighted by molar-refractivity contribution is 7.99. The largest absolute Gasteiger partial charge is 0.508 e. The van der Waals surface area contributed by atoms with E-state index in [2.05, 4.69) is 12.1 Å². The van der Waals surface area contributed by atoms with Gasteiger partial charge in [0.15, 0.2) is 0 Å². The molecule has 0 saturated heterocycles. The van der Waals surface area contributed by atoms with Crippen molar-refractivity contribution < 1.29 is 5.11 Å². The average Bonchev–Trinajstić information content (AvgIpc) is 2.76. The van der Waals surface area contributed by atoms with E-state index in [0.717, 1.165) is 29.0 Å². The lowest BCUT2D eigenvalue weighted by atomic mass is 9.84. The van der Waals surface area contributed by atoms with Crippen molar-refractivity contribution in [1.29, 1.82) is 0 Å². The summed E-state index contributed by atoms with van der Waals surface area (Å²) in [6.45, 7) is 0. The molecule has 1 N–H and O–H groups in total. The molecule has 3 saturated carbocycles. The van der Waals surface area contributed by atoms with Crippen LogP contribution in [0, 0.1) is 5.92 Å².